The molecule has 3 heterocycles. The van der Waals surface area contributed by atoms with E-state index in [9.17, 15) is 14.7 Å². The second kappa shape index (κ2) is 12.8. The Kier molecular flexibility index (Phi) is 8.63. The van der Waals surface area contributed by atoms with Gasteiger partial charge in [0.1, 0.15) is 11.5 Å². The van der Waals surface area contributed by atoms with Crippen LogP contribution in [0, 0.1) is 5.92 Å². The SMILES string of the molecule is COc1ccc([Si](C)(C)[C@H]2[C@H](CCO)O[C@@]3(C(=O)N(Cc4ccc(N5C(=O)CCc6ccccc65)cc4)c4ccc(OC)cc43)[C@@H]2C)cc1. The lowest BCUT2D eigenvalue weighted by Gasteiger charge is -2.37. The number of anilines is 3. The summed E-state index contributed by atoms with van der Waals surface area (Å²) in [4.78, 5) is 31.7. The Morgan fingerprint density at radius 2 is 1.57 bits per heavy atom. The van der Waals surface area contributed by atoms with Gasteiger partial charge in [0.15, 0.2) is 5.60 Å². The van der Waals surface area contributed by atoms with Gasteiger partial charge < -0.3 is 24.2 Å². The second-order valence-corrected chi connectivity index (χ2v) is 18.7. The fourth-order valence-corrected chi connectivity index (χ4v) is 12.7. The zero-order chi connectivity index (χ0) is 34.5. The number of nitrogens with zero attached hydrogens (tertiary/aromatic N) is 2. The number of hydrogen-bond donors (Lipinski definition) is 1. The number of para-hydroxylation sites is 1. The summed E-state index contributed by atoms with van der Waals surface area (Å²) in [6.07, 6.45) is 1.34. The largest absolute Gasteiger partial charge is 0.497 e. The maximum absolute atomic E-state index is 15.0. The molecule has 3 aliphatic heterocycles. The van der Waals surface area contributed by atoms with Gasteiger partial charge in [-0.1, -0.05) is 67.7 Å². The van der Waals surface area contributed by atoms with E-state index in [4.69, 9.17) is 14.2 Å². The van der Waals surface area contributed by atoms with Crippen LogP contribution in [-0.2, 0) is 32.9 Å². The number of amides is 2. The summed E-state index contributed by atoms with van der Waals surface area (Å²) in [6.45, 7) is 7.12. The van der Waals surface area contributed by atoms with E-state index in [0.717, 1.165) is 45.9 Å². The Balaban J connectivity index is 1.24. The molecule has 254 valence electrons. The zero-order valence-electron chi connectivity index (χ0n) is 28.8. The molecule has 0 aromatic heterocycles. The highest BCUT2D eigenvalue weighted by Crippen LogP contribution is 2.60. The van der Waals surface area contributed by atoms with Crippen LogP contribution < -0.4 is 24.5 Å². The molecule has 0 bridgehead atoms. The molecule has 4 aromatic rings. The Morgan fingerprint density at radius 1 is 0.878 bits per heavy atom. The van der Waals surface area contributed by atoms with Crippen molar-refractivity contribution in [3.63, 3.8) is 0 Å². The van der Waals surface area contributed by atoms with Crippen LogP contribution in [0.5, 0.6) is 11.5 Å². The van der Waals surface area contributed by atoms with Gasteiger partial charge in [0.05, 0.1) is 46.3 Å². The lowest BCUT2D eigenvalue weighted by Crippen LogP contribution is -2.51. The van der Waals surface area contributed by atoms with Crippen LogP contribution in [0.25, 0.3) is 0 Å². The van der Waals surface area contributed by atoms with Gasteiger partial charge in [-0.2, -0.15) is 0 Å². The molecule has 3 aliphatic rings. The summed E-state index contributed by atoms with van der Waals surface area (Å²) in [5, 5.41) is 11.5. The number of aliphatic hydroxyl groups is 1. The van der Waals surface area contributed by atoms with Crippen LogP contribution in [0.4, 0.5) is 17.1 Å². The number of hydrogen-bond acceptors (Lipinski definition) is 6. The lowest BCUT2D eigenvalue weighted by atomic mass is 9.82. The van der Waals surface area contributed by atoms with Gasteiger partial charge in [0, 0.05) is 30.2 Å². The Labute approximate surface area is 289 Å². The summed E-state index contributed by atoms with van der Waals surface area (Å²) in [7, 11) is 1.01. The number of ether oxygens (including phenoxy) is 3. The molecule has 7 rings (SSSR count). The van der Waals surface area contributed by atoms with E-state index in [1.54, 1.807) is 19.1 Å². The van der Waals surface area contributed by atoms with Gasteiger partial charge >= 0.3 is 0 Å². The highest BCUT2D eigenvalue weighted by atomic mass is 28.3. The lowest BCUT2D eigenvalue weighted by molar-refractivity contribution is -0.146. The number of rotatable bonds is 9. The van der Waals surface area contributed by atoms with Gasteiger partial charge in [-0.25, -0.2) is 0 Å². The third kappa shape index (κ3) is 5.35. The second-order valence-electron chi connectivity index (χ2n) is 14.0. The van der Waals surface area contributed by atoms with Gasteiger partial charge in [-0.3, -0.25) is 14.5 Å². The van der Waals surface area contributed by atoms with E-state index in [2.05, 4.69) is 38.2 Å². The number of methoxy groups -OCH3 is 2. The van der Waals surface area contributed by atoms with Crippen LogP contribution >= 0.6 is 0 Å². The fourth-order valence-electron chi connectivity index (χ4n) is 8.62. The van der Waals surface area contributed by atoms with Crippen molar-refractivity contribution in [2.45, 2.75) is 63.1 Å². The molecule has 0 unspecified atom stereocenters. The molecule has 0 radical (unpaired) electrons. The molecule has 1 saturated heterocycles. The van der Waals surface area contributed by atoms with Crippen LogP contribution in [0.2, 0.25) is 18.6 Å². The third-order valence-corrected chi connectivity index (χ3v) is 15.4. The average Bonchev–Trinajstić information content (AvgIpc) is 3.54. The van der Waals surface area contributed by atoms with Crippen molar-refractivity contribution < 1.29 is 28.9 Å². The van der Waals surface area contributed by atoms with Crippen molar-refractivity contribution in [3.8, 4) is 11.5 Å². The average molecular weight is 677 g/mol. The molecule has 1 spiro atoms. The number of carbonyl (C=O) groups is 2. The first-order valence-corrected chi connectivity index (χ1v) is 20.1. The molecular formula is C40H44N2O6Si. The van der Waals surface area contributed by atoms with Crippen molar-refractivity contribution in [2.75, 3.05) is 30.6 Å². The zero-order valence-corrected chi connectivity index (χ0v) is 29.8. The predicted molar refractivity (Wildman–Crippen MR) is 194 cm³/mol. The van der Waals surface area contributed by atoms with Crippen molar-refractivity contribution in [2.24, 2.45) is 5.92 Å². The molecular weight excluding hydrogens is 633 g/mol. The minimum Gasteiger partial charge on any atom is -0.497 e. The summed E-state index contributed by atoms with van der Waals surface area (Å²) >= 11 is 0. The van der Waals surface area contributed by atoms with Crippen LogP contribution in [0.3, 0.4) is 0 Å². The van der Waals surface area contributed by atoms with E-state index >= 15 is 0 Å². The third-order valence-electron chi connectivity index (χ3n) is 11.1. The number of aryl methyl sites for hydroxylation is 1. The molecule has 2 amide bonds. The number of benzene rings is 4. The van der Waals surface area contributed by atoms with Crippen molar-refractivity contribution in [1.29, 1.82) is 0 Å². The molecule has 9 heteroatoms. The molecule has 8 nitrogen and oxygen atoms in total. The van der Waals surface area contributed by atoms with E-state index in [0.29, 0.717) is 25.1 Å². The Morgan fingerprint density at radius 3 is 2.27 bits per heavy atom. The van der Waals surface area contributed by atoms with Gasteiger partial charge in [-0.15, -0.1) is 0 Å². The maximum atomic E-state index is 15.0. The highest BCUT2D eigenvalue weighted by Gasteiger charge is 2.66. The molecule has 0 aliphatic carbocycles. The fraction of sp³-hybridized carbons (Fsp3) is 0.350. The monoisotopic (exact) mass is 676 g/mol. The minimum atomic E-state index is -2.29. The standard InChI is InChI=1S/C40H44N2O6Si/c1-26-38(49(4,5)32-18-15-30(46-2)16-19-32)36(22-23-43)48-40(26)33-24-31(47-3)17-20-35(33)41(39(40)45)25-27-10-13-29(14-11-27)42-34-9-7-6-8-28(34)12-21-37(42)44/h6-11,13-20,24,26,36,38,43H,12,21-23,25H2,1-5H3/t26-,36+,38-,40+/m1/s1. The summed E-state index contributed by atoms with van der Waals surface area (Å²) in [5.41, 5.74) is 4.25. The first-order valence-electron chi connectivity index (χ1n) is 17.1. The predicted octanol–water partition coefficient (Wildman–Crippen LogP) is 6.46. The maximum Gasteiger partial charge on any atom is 0.264 e. The topological polar surface area (TPSA) is 88.5 Å². The number of aliphatic hydroxyl groups excluding tert-OH is 1. The first-order chi connectivity index (χ1) is 23.6. The normalized spacial score (nSPS) is 23.2. The van der Waals surface area contributed by atoms with Crippen LogP contribution in [0.1, 0.15) is 36.5 Å². The number of fused-ring (bicyclic) bond motifs is 3. The number of carbonyl (C=O) groups excluding carboxylic acids is 2. The Bertz CT molecular complexity index is 1880. The summed E-state index contributed by atoms with van der Waals surface area (Å²) in [5.74, 6) is 1.26. The van der Waals surface area contributed by atoms with Crippen LogP contribution in [-0.4, -0.2) is 51.9 Å². The Hall–Kier alpha value is -4.44. The van der Waals surface area contributed by atoms with E-state index in [-0.39, 0.29) is 36.0 Å². The van der Waals surface area contributed by atoms with Gasteiger partial charge in [0.25, 0.3) is 5.91 Å². The van der Waals surface area contributed by atoms with E-state index < -0.39 is 13.7 Å². The van der Waals surface area contributed by atoms with Crippen LogP contribution in [0.15, 0.2) is 91.0 Å². The molecule has 1 N–H and O–H groups in total. The van der Waals surface area contributed by atoms with Crippen molar-refractivity contribution >= 4 is 42.1 Å². The molecule has 0 saturated carbocycles. The van der Waals surface area contributed by atoms with Gasteiger partial charge in [-0.05, 0) is 78.0 Å². The molecule has 4 atom stereocenters. The van der Waals surface area contributed by atoms with E-state index in [1.807, 2.05) is 77.7 Å². The molecule has 4 aromatic carbocycles. The molecule has 49 heavy (non-hydrogen) atoms. The molecule has 1 fully saturated rings. The first kappa shape index (κ1) is 33.1. The summed E-state index contributed by atoms with van der Waals surface area (Å²) < 4.78 is 18.1. The smallest absolute Gasteiger partial charge is 0.264 e. The highest BCUT2D eigenvalue weighted by molar-refractivity contribution is 6.91. The van der Waals surface area contributed by atoms with Crippen molar-refractivity contribution in [3.05, 3.63) is 108 Å². The van der Waals surface area contributed by atoms with Crippen molar-refractivity contribution in [1.82, 2.24) is 0 Å². The minimum absolute atomic E-state index is 0.0315. The summed E-state index contributed by atoms with van der Waals surface area (Å²) in [6, 6.07) is 30.0. The quantitative estimate of drug-likeness (QED) is 0.205. The van der Waals surface area contributed by atoms with Gasteiger partial charge in [0.2, 0.25) is 5.91 Å². The van der Waals surface area contributed by atoms with E-state index in [1.165, 1.54) is 5.19 Å².